The van der Waals surface area contributed by atoms with Gasteiger partial charge >= 0.3 is 6.03 Å². The van der Waals surface area contributed by atoms with Crippen molar-refractivity contribution in [2.24, 2.45) is 5.92 Å². The molecule has 30 heavy (non-hydrogen) atoms. The predicted octanol–water partition coefficient (Wildman–Crippen LogP) is 3.02. The normalized spacial score (nSPS) is 17.1. The van der Waals surface area contributed by atoms with E-state index in [9.17, 15) is 22.4 Å². The number of halogens is 1. The molecule has 0 radical (unpaired) electrons. The average Bonchev–Trinajstić information content (AvgIpc) is 3.17. The van der Waals surface area contributed by atoms with Gasteiger partial charge in [0, 0.05) is 32.9 Å². The van der Waals surface area contributed by atoms with Crippen LogP contribution in [-0.4, -0.2) is 56.7 Å². The summed E-state index contributed by atoms with van der Waals surface area (Å²) >= 11 is 0.968. The first-order chi connectivity index (χ1) is 14.2. The molecule has 1 aliphatic rings. The number of benzene rings is 1. The fraction of sp³-hybridized carbons (Fsp3) is 0.368. The highest BCUT2D eigenvalue weighted by molar-refractivity contribution is 7.91. The lowest BCUT2D eigenvalue weighted by Gasteiger charge is -2.31. The summed E-state index contributed by atoms with van der Waals surface area (Å²) in [6.45, 7) is 0.713. The maximum absolute atomic E-state index is 13.3. The Balaban J connectivity index is 1.60. The van der Waals surface area contributed by atoms with Gasteiger partial charge in [0.25, 0.3) is 10.0 Å². The van der Waals surface area contributed by atoms with E-state index < -0.39 is 27.8 Å². The smallest absolute Gasteiger partial charge is 0.322 e. The van der Waals surface area contributed by atoms with Gasteiger partial charge in [-0.3, -0.25) is 10.1 Å². The van der Waals surface area contributed by atoms with Gasteiger partial charge in [0.15, 0.2) is 0 Å². The monoisotopic (exact) mass is 454 g/mol. The van der Waals surface area contributed by atoms with E-state index in [0.29, 0.717) is 30.1 Å². The SMILES string of the molecule is CN(C)S(=O)(=O)c1ccc(NC(=O)N2CCCC(C(=O)Nc3cccc(F)c3)C2)s1. The number of nitrogens with zero attached hydrogens (tertiary/aromatic N) is 2. The summed E-state index contributed by atoms with van der Waals surface area (Å²) in [5, 5.41) is 5.80. The molecule has 162 valence electrons. The van der Waals surface area contributed by atoms with Crippen molar-refractivity contribution in [1.29, 1.82) is 0 Å². The summed E-state index contributed by atoms with van der Waals surface area (Å²) in [4.78, 5) is 26.7. The topological polar surface area (TPSA) is 98.8 Å². The molecule has 3 rings (SSSR count). The van der Waals surface area contributed by atoms with Gasteiger partial charge in [-0.2, -0.15) is 0 Å². The predicted molar refractivity (Wildman–Crippen MR) is 114 cm³/mol. The van der Waals surface area contributed by atoms with E-state index in [1.165, 1.54) is 49.3 Å². The van der Waals surface area contributed by atoms with E-state index in [1.807, 2.05) is 0 Å². The fourth-order valence-corrected chi connectivity index (χ4v) is 5.44. The molecular weight excluding hydrogens is 431 g/mol. The standard InChI is InChI=1S/C19H23FN4O4S2/c1-23(2)30(27,28)17-9-8-16(29-17)22-19(26)24-10-4-5-13(12-24)18(25)21-15-7-3-6-14(20)11-15/h3,6-9,11,13H,4-5,10,12H2,1-2H3,(H,21,25)(H,22,26). The van der Waals surface area contributed by atoms with Gasteiger partial charge in [-0.05, 0) is 43.2 Å². The first kappa shape index (κ1) is 22.2. The molecule has 1 unspecified atom stereocenters. The first-order valence-electron chi connectivity index (χ1n) is 9.31. The third kappa shape index (κ3) is 5.15. The van der Waals surface area contributed by atoms with E-state index >= 15 is 0 Å². The summed E-state index contributed by atoms with van der Waals surface area (Å²) in [7, 11) is -0.681. The molecule has 0 bridgehead atoms. The highest BCUT2D eigenvalue weighted by atomic mass is 32.2. The summed E-state index contributed by atoms with van der Waals surface area (Å²) in [6, 6.07) is 8.23. The maximum atomic E-state index is 13.3. The van der Waals surface area contributed by atoms with E-state index in [0.717, 1.165) is 15.6 Å². The van der Waals surface area contributed by atoms with Gasteiger partial charge in [0.2, 0.25) is 5.91 Å². The molecule has 1 atom stereocenters. The van der Waals surface area contributed by atoms with Gasteiger partial charge in [-0.25, -0.2) is 21.9 Å². The van der Waals surface area contributed by atoms with E-state index in [1.54, 1.807) is 6.07 Å². The second-order valence-corrected chi connectivity index (χ2v) is 10.6. The quantitative estimate of drug-likeness (QED) is 0.726. The van der Waals surface area contributed by atoms with Crippen LogP contribution >= 0.6 is 11.3 Å². The van der Waals surface area contributed by atoms with Crippen LogP contribution in [0.5, 0.6) is 0 Å². The van der Waals surface area contributed by atoms with E-state index in [-0.39, 0.29) is 16.7 Å². The van der Waals surface area contributed by atoms with Crippen molar-refractivity contribution >= 4 is 44.0 Å². The molecular formula is C19H23FN4O4S2. The number of likely N-dealkylation sites (tertiary alicyclic amines) is 1. The molecule has 2 aromatic rings. The Bertz CT molecular complexity index is 1040. The number of anilines is 2. The highest BCUT2D eigenvalue weighted by Crippen LogP contribution is 2.28. The van der Waals surface area contributed by atoms with Crippen molar-refractivity contribution in [3.63, 3.8) is 0 Å². The van der Waals surface area contributed by atoms with Crippen LogP contribution in [-0.2, 0) is 14.8 Å². The molecule has 3 amide bonds. The highest BCUT2D eigenvalue weighted by Gasteiger charge is 2.29. The number of urea groups is 1. The Kier molecular flexibility index (Phi) is 6.74. The fourth-order valence-electron chi connectivity index (χ4n) is 3.08. The molecule has 0 spiro atoms. The molecule has 1 aromatic carbocycles. The molecule has 0 saturated carbocycles. The molecule has 1 fully saturated rings. The number of piperidine rings is 1. The van der Waals surface area contributed by atoms with Crippen LogP contribution in [0.25, 0.3) is 0 Å². The third-order valence-electron chi connectivity index (χ3n) is 4.72. The van der Waals surface area contributed by atoms with Gasteiger partial charge < -0.3 is 10.2 Å². The van der Waals surface area contributed by atoms with Crippen LogP contribution in [0.4, 0.5) is 19.9 Å². The largest absolute Gasteiger partial charge is 0.326 e. The molecule has 0 aliphatic carbocycles. The molecule has 11 heteroatoms. The zero-order valence-electron chi connectivity index (χ0n) is 16.6. The lowest BCUT2D eigenvalue weighted by atomic mass is 9.97. The Labute approximate surface area is 178 Å². The molecule has 8 nitrogen and oxygen atoms in total. The molecule has 2 heterocycles. The van der Waals surface area contributed by atoms with Gasteiger partial charge in [0.1, 0.15) is 10.0 Å². The number of hydrogen-bond donors (Lipinski definition) is 2. The van der Waals surface area contributed by atoms with Crippen LogP contribution in [0.1, 0.15) is 12.8 Å². The number of hydrogen-bond acceptors (Lipinski definition) is 5. The molecule has 1 saturated heterocycles. The molecule has 1 aliphatic heterocycles. The minimum absolute atomic E-state index is 0.133. The summed E-state index contributed by atoms with van der Waals surface area (Å²) in [6.07, 6.45) is 1.27. The van der Waals surface area contributed by atoms with Crippen LogP contribution in [0, 0.1) is 11.7 Å². The lowest BCUT2D eigenvalue weighted by molar-refractivity contribution is -0.121. The summed E-state index contributed by atoms with van der Waals surface area (Å²) < 4.78 is 38.9. The number of sulfonamides is 1. The second kappa shape index (κ2) is 9.11. The number of thiophene rings is 1. The van der Waals surface area contributed by atoms with Gasteiger partial charge in [0.05, 0.1) is 10.9 Å². The lowest BCUT2D eigenvalue weighted by Crippen LogP contribution is -2.45. The number of nitrogens with one attached hydrogen (secondary N) is 2. The van der Waals surface area contributed by atoms with E-state index in [2.05, 4.69) is 10.6 Å². The van der Waals surface area contributed by atoms with Crippen molar-refractivity contribution in [2.45, 2.75) is 17.1 Å². The van der Waals surface area contributed by atoms with Crippen LogP contribution < -0.4 is 10.6 Å². The second-order valence-electron chi connectivity index (χ2n) is 7.12. The van der Waals surface area contributed by atoms with Gasteiger partial charge in [-0.15, -0.1) is 11.3 Å². The van der Waals surface area contributed by atoms with Crippen molar-refractivity contribution in [2.75, 3.05) is 37.8 Å². The number of carbonyl (C=O) groups excluding carboxylic acids is 2. The Morgan fingerprint density at radius 3 is 2.67 bits per heavy atom. The maximum Gasteiger partial charge on any atom is 0.322 e. The minimum atomic E-state index is -3.56. The Morgan fingerprint density at radius 1 is 1.20 bits per heavy atom. The summed E-state index contributed by atoms with van der Waals surface area (Å²) in [5.74, 6) is -1.13. The zero-order valence-corrected chi connectivity index (χ0v) is 18.2. The number of rotatable bonds is 5. The van der Waals surface area contributed by atoms with Crippen LogP contribution in [0.3, 0.4) is 0 Å². The van der Waals surface area contributed by atoms with Crippen molar-refractivity contribution in [1.82, 2.24) is 9.21 Å². The zero-order chi connectivity index (χ0) is 21.9. The molecule has 1 aromatic heterocycles. The van der Waals surface area contributed by atoms with Crippen molar-refractivity contribution in [3.8, 4) is 0 Å². The van der Waals surface area contributed by atoms with Crippen LogP contribution in [0.2, 0.25) is 0 Å². The van der Waals surface area contributed by atoms with Crippen molar-refractivity contribution < 1.29 is 22.4 Å². The molecule has 2 N–H and O–H groups in total. The number of carbonyl (C=O) groups is 2. The Hall–Kier alpha value is -2.50. The van der Waals surface area contributed by atoms with Crippen LogP contribution in [0.15, 0.2) is 40.6 Å². The van der Waals surface area contributed by atoms with E-state index in [4.69, 9.17) is 0 Å². The average molecular weight is 455 g/mol. The summed E-state index contributed by atoms with van der Waals surface area (Å²) in [5.41, 5.74) is 0.370. The first-order valence-corrected chi connectivity index (χ1v) is 11.6. The minimum Gasteiger partial charge on any atom is -0.326 e. The van der Waals surface area contributed by atoms with Crippen molar-refractivity contribution in [3.05, 3.63) is 42.2 Å². The van der Waals surface area contributed by atoms with Gasteiger partial charge in [-0.1, -0.05) is 6.07 Å². The Morgan fingerprint density at radius 2 is 1.97 bits per heavy atom. The third-order valence-corrected chi connectivity index (χ3v) is 8.00. The number of amides is 3.